The fourth-order valence-electron chi connectivity index (χ4n) is 2.72. The molecule has 2 heteroatoms. The van der Waals surface area contributed by atoms with Crippen LogP contribution in [-0.2, 0) is 0 Å². The first-order valence-electron chi connectivity index (χ1n) is 6.12. The van der Waals surface area contributed by atoms with E-state index in [-0.39, 0.29) is 0 Å². The molecule has 0 bridgehead atoms. The average molecular weight is 218 g/mol. The maximum Gasteiger partial charge on any atom is 0.0350 e. The van der Waals surface area contributed by atoms with Crippen LogP contribution in [0.15, 0.2) is 18.2 Å². The van der Waals surface area contributed by atoms with E-state index in [2.05, 4.69) is 44.4 Å². The highest BCUT2D eigenvalue weighted by Crippen LogP contribution is 2.38. The van der Waals surface area contributed by atoms with Crippen LogP contribution in [0.1, 0.15) is 35.6 Å². The van der Waals surface area contributed by atoms with E-state index >= 15 is 0 Å². The highest BCUT2D eigenvalue weighted by Gasteiger charge is 2.33. The number of nitrogens with one attached hydrogen (secondary N) is 1. The smallest absolute Gasteiger partial charge is 0.0350 e. The zero-order valence-electron chi connectivity index (χ0n) is 10.5. The summed E-state index contributed by atoms with van der Waals surface area (Å²) in [5.41, 5.74) is 10.0. The Bertz CT molecular complexity index is 367. The quantitative estimate of drug-likeness (QED) is 0.817. The normalized spacial score (nSPS) is 26.2. The van der Waals surface area contributed by atoms with Crippen molar-refractivity contribution in [2.24, 2.45) is 11.7 Å². The summed E-state index contributed by atoms with van der Waals surface area (Å²) < 4.78 is 0. The van der Waals surface area contributed by atoms with Gasteiger partial charge in [-0.15, -0.1) is 0 Å². The molecule has 1 aromatic carbocycles. The van der Waals surface area contributed by atoms with Crippen LogP contribution in [-0.4, -0.2) is 13.1 Å². The Morgan fingerprint density at radius 1 is 1.31 bits per heavy atom. The van der Waals surface area contributed by atoms with Gasteiger partial charge in [0.1, 0.15) is 0 Å². The van der Waals surface area contributed by atoms with Crippen LogP contribution in [0.3, 0.4) is 0 Å². The first-order chi connectivity index (χ1) is 7.61. The van der Waals surface area contributed by atoms with E-state index in [0.29, 0.717) is 18.0 Å². The van der Waals surface area contributed by atoms with E-state index < -0.39 is 0 Å². The first kappa shape index (κ1) is 11.6. The molecule has 0 heterocycles. The van der Waals surface area contributed by atoms with Gasteiger partial charge in [-0.3, -0.25) is 0 Å². The fraction of sp³-hybridized carbons (Fsp3) is 0.571. The van der Waals surface area contributed by atoms with E-state index in [0.717, 1.165) is 12.8 Å². The Hall–Kier alpha value is -0.860. The van der Waals surface area contributed by atoms with Crippen LogP contribution in [0.4, 0.5) is 0 Å². The van der Waals surface area contributed by atoms with Crippen molar-refractivity contribution in [1.29, 1.82) is 0 Å². The molecule has 2 rings (SSSR count). The van der Waals surface area contributed by atoms with Crippen LogP contribution < -0.4 is 11.1 Å². The second-order valence-electron chi connectivity index (χ2n) is 5.12. The van der Waals surface area contributed by atoms with Gasteiger partial charge in [0.2, 0.25) is 0 Å². The predicted molar refractivity (Wildman–Crippen MR) is 68.4 cm³/mol. The van der Waals surface area contributed by atoms with E-state index in [4.69, 9.17) is 5.73 Å². The zero-order valence-corrected chi connectivity index (χ0v) is 10.5. The number of rotatable bonds is 3. The molecule has 0 aromatic heterocycles. The SMILES string of the molecule is CNC(c1cc(C)ccc1C)C1CC(N)C1. The van der Waals surface area contributed by atoms with Gasteiger partial charge in [-0.05, 0) is 50.8 Å². The second-order valence-corrected chi connectivity index (χ2v) is 5.12. The molecule has 1 saturated carbocycles. The van der Waals surface area contributed by atoms with Gasteiger partial charge >= 0.3 is 0 Å². The Morgan fingerprint density at radius 3 is 2.56 bits per heavy atom. The maximum atomic E-state index is 5.88. The molecule has 0 radical (unpaired) electrons. The number of hydrogen-bond donors (Lipinski definition) is 2. The van der Waals surface area contributed by atoms with Crippen molar-refractivity contribution in [2.75, 3.05) is 7.05 Å². The summed E-state index contributed by atoms with van der Waals surface area (Å²) in [5.74, 6) is 0.709. The summed E-state index contributed by atoms with van der Waals surface area (Å²) >= 11 is 0. The largest absolute Gasteiger partial charge is 0.328 e. The standard InChI is InChI=1S/C14H22N2/c1-9-4-5-10(2)13(6-9)14(16-3)11-7-12(15)8-11/h4-6,11-12,14,16H,7-8,15H2,1-3H3. The van der Waals surface area contributed by atoms with Crippen molar-refractivity contribution in [3.8, 4) is 0 Å². The topological polar surface area (TPSA) is 38.0 Å². The van der Waals surface area contributed by atoms with Crippen molar-refractivity contribution < 1.29 is 0 Å². The molecule has 1 aliphatic carbocycles. The molecule has 1 atom stereocenters. The second kappa shape index (κ2) is 4.56. The van der Waals surface area contributed by atoms with Crippen molar-refractivity contribution in [3.05, 3.63) is 34.9 Å². The minimum atomic E-state index is 0.422. The molecule has 88 valence electrons. The monoisotopic (exact) mass is 218 g/mol. The predicted octanol–water partition coefficient (Wildman–Crippen LogP) is 2.30. The van der Waals surface area contributed by atoms with Gasteiger partial charge < -0.3 is 11.1 Å². The Labute approximate surface area is 98.2 Å². The summed E-state index contributed by atoms with van der Waals surface area (Å²) in [6, 6.07) is 7.59. The van der Waals surface area contributed by atoms with Crippen molar-refractivity contribution >= 4 is 0 Å². The molecule has 1 unspecified atom stereocenters. The number of hydrogen-bond acceptors (Lipinski definition) is 2. The van der Waals surface area contributed by atoms with Crippen LogP contribution in [0, 0.1) is 19.8 Å². The molecular formula is C14H22N2. The van der Waals surface area contributed by atoms with Gasteiger partial charge in [-0.25, -0.2) is 0 Å². The summed E-state index contributed by atoms with van der Waals surface area (Å²) in [6.45, 7) is 4.35. The highest BCUT2D eigenvalue weighted by atomic mass is 14.9. The van der Waals surface area contributed by atoms with Gasteiger partial charge in [0.25, 0.3) is 0 Å². The minimum Gasteiger partial charge on any atom is -0.328 e. The van der Waals surface area contributed by atoms with Gasteiger partial charge in [-0.2, -0.15) is 0 Å². The van der Waals surface area contributed by atoms with Gasteiger partial charge in [0.15, 0.2) is 0 Å². The van der Waals surface area contributed by atoms with Gasteiger partial charge in [0.05, 0.1) is 0 Å². The van der Waals surface area contributed by atoms with E-state index in [1.807, 2.05) is 0 Å². The van der Waals surface area contributed by atoms with Crippen molar-refractivity contribution in [1.82, 2.24) is 5.32 Å². The third-order valence-corrected chi connectivity index (χ3v) is 3.76. The molecular weight excluding hydrogens is 196 g/mol. The summed E-state index contributed by atoms with van der Waals surface area (Å²) in [4.78, 5) is 0. The molecule has 1 fully saturated rings. The zero-order chi connectivity index (χ0) is 11.7. The third kappa shape index (κ3) is 2.13. The molecule has 0 spiro atoms. The van der Waals surface area contributed by atoms with E-state index in [1.54, 1.807) is 0 Å². The van der Waals surface area contributed by atoms with Crippen LogP contribution in [0.5, 0.6) is 0 Å². The molecule has 0 amide bonds. The third-order valence-electron chi connectivity index (χ3n) is 3.76. The molecule has 3 N–H and O–H groups in total. The molecule has 0 aliphatic heterocycles. The summed E-state index contributed by atoms with van der Waals surface area (Å²) in [5, 5.41) is 3.45. The van der Waals surface area contributed by atoms with Crippen LogP contribution in [0.25, 0.3) is 0 Å². The Kier molecular flexibility index (Phi) is 3.31. The minimum absolute atomic E-state index is 0.422. The maximum absolute atomic E-state index is 5.88. The van der Waals surface area contributed by atoms with E-state index in [9.17, 15) is 0 Å². The summed E-state index contributed by atoms with van der Waals surface area (Å²) in [7, 11) is 2.05. The molecule has 16 heavy (non-hydrogen) atoms. The van der Waals surface area contributed by atoms with Crippen molar-refractivity contribution in [3.63, 3.8) is 0 Å². The lowest BCUT2D eigenvalue weighted by Gasteiger charge is -2.39. The molecule has 2 nitrogen and oxygen atoms in total. The van der Waals surface area contributed by atoms with Gasteiger partial charge in [0, 0.05) is 12.1 Å². The Balaban J connectivity index is 2.22. The average Bonchev–Trinajstić information content (AvgIpc) is 2.21. The molecule has 1 aliphatic rings. The number of nitrogens with two attached hydrogens (primary N) is 1. The van der Waals surface area contributed by atoms with Crippen molar-refractivity contribution in [2.45, 2.75) is 38.8 Å². The van der Waals surface area contributed by atoms with Crippen LogP contribution in [0.2, 0.25) is 0 Å². The molecule has 0 saturated heterocycles. The fourth-order valence-corrected chi connectivity index (χ4v) is 2.72. The first-order valence-corrected chi connectivity index (χ1v) is 6.12. The lowest BCUT2D eigenvalue weighted by molar-refractivity contribution is 0.203. The lowest BCUT2D eigenvalue weighted by atomic mass is 9.73. The summed E-state index contributed by atoms with van der Waals surface area (Å²) in [6.07, 6.45) is 2.30. The Morgan fingerprint density at radius 2 is 2.00 bits per heavy atom. The highest BCUT2D eigenvalue weighted by molar-refractivity contribution is 5.33. The van der Waals surface area contributed by atoms with Gasteiger partial charge in [-0.1, -0.05) is 23.8 Å². The number of aryl methyl sites for hydroxylation is 2. The van der Waals surface area contributed by atoms with Crippen LogP contribution >= 0.6 is 0 Å². The van der Waals surface area contributed by atoms with E-state index in [1.165, 1.54) is 16.7 Å². The molecule has 1 aromatic rings. The number of benzene rings is 1. The lowest BCUT2D eigenvalue weighted by Crippen LogP contribution is -2.42.